The summed E-state index contributed by atoms with van der Waals surface area (Å²) in [6.07, 6.45) is 0.734. The van der Waals surface area contributed by atoms with Crippen LogP contribution in [0, 0.1) is 12.3 Å². The van der Waals surface area contributed by atoms with Gasteiger partial charge in [0.25, 0.3) is 5.56 Å². The van der Waals surface area contributed by atoms with Crippen LogP contribution in [-0.2, 0) is 0 Å². The number of aliphatic hydroxyl groups excluding tert-OH is 1. The van der Waals surface area contributed by atoms with Crippen molar-refractivity contribution in [3.63, 3.8) is 0 Å². The van der Waals surface area contributed by atoms with Gasteiger partial charge in [-0.3, -0.25) is 10.2 Å². The average Bonchev–Trinajstić information content (AvgIpc) is 3.21. The summed E-state index contributed by atoms with van der Waals surface area (Å²) in [6.45, 7) is 2.11. The molecule has 2 aromatic heterocycles. The lowest BCUT2D eigenvalue weighted by Gasteiger charge is -2.15. The van der Waals surface area contributed by atoms with E-state index in [1.165, 1.54) is 0 Å². The number of nitrogens with one attached hydrogen (secondary N) is 4. The maximum absolute atomic E-state index is 12.7. The molecule has 4 rings (SSSR count). The first-order valence-corrected chi connectivity index (χ1v) is 10.8. The first-order valence-electron chi connectivity index (χ1n) is 10.4. The van der Waals surface area contributed by atoms with E-state index in [0.717, 1.165) is 22.2 Å². The molecule has 0 aliphatic heterocycles. The number of aliphatic hydroxyl groups is 1. The summed E-state index contributed by atoms with van der Waals surface area (Å²) in [7, 11) is 3.64. The summed E-state index contributed by atoms with van der Waals surface area (Å²) in [5, 5.41) is 22.5. The van der Waals surface area contributed by atoms with Crippen LogP contribution in [0.3, 0.4) is 0 Å². The molecule has 0 radical (unpaired) electrons. The molecule has 2 aromatic carbocycles. The number of halogens is 1. The highest BCUT2D eigenvalue weighted by molar-refractivity contribution is 6.30. The Morgan fingerprint density at radius 2 is 2.06 bits per heavy atom. The Morgan fingerprint density at radius 3 is 2.79 bits per heavy atom. The molecule has 2 heterocycles. The topological polar surface area (TPSA) is 121 Å². The second-order valence-electron chi connectivity index (χ2n) is 8.06. The van der Waals surface area contributed by atoms with E-state index in [4.69, 9.17) is 17.0 Å². The highest BCUT2D eigenvalue weighted by Gasteiger charge is 2.18. The number of aromatic amines is 2. The normalized spacial score (nSPS) is 12.0. The van der Waals surface area contributed by atoms with Crippen molar-refractivity contribution in [3.05, 3.63) is 80.7 Å². The van der Waals surface area contributed by atoms with Gasteiger partial charge in [-0.05, 0) is 48.4 Å². The molecule has 33 heavy (non-hydrogen) atoms. The van der Waals surface area contributed by atoms with E-state index in [-0.39, 0.29) is 12.1 Å². The zero-order chi connectivity index (χ0) is 23.7. The van der Waals surface area contributed by atoms with Crippen LogP contribution in [0.15, 0.2) is 53.5 Å². The number of imidazole rings is 1. The molecule has 0 fully saturated rings. The van der Waals surface area contributed by atoms with E-state index in [2.05, 4.69) is 20.3 Å². The molecular formula is C24H25ClN6O2. The Morgan fingerprint density at radius 1 is 1.27 bits per heavy atom. The van der Waals surface area contributed by atoms with Gasteiger partial charge in [-0.25, -0.2) is 4.98 Å². The van der Waals surface area contributed by atoms with E-state index in [1.54, 1.807) is 41.4 Å². The third kappa shape index (κ3) is 4.62. The third-order valence-electron chi connectivity index (χ3n) is 5.41. The van der Waals surface area contributed by atoms with Gasteiger partial charge >= 0.3 is 0 Å². The van der Waals surface area contributed by atoms with E-state index in [1.807, 2.05) is 33.2 Å². The molecule has 9 heteroatoms. The first kappa shape index (κ1) is 22.6. The number of hydrogen-bond acceptors (Lipinski definition) is 5. The SMILES string of the molecule is Cc1cc(C(=N)N(C)C)cc2[nH]c(-c3c(NCC(O)c4cccc(Cl)c4)cc[nH]c3=O)nc12. The molecule has 170 valence electrons. The second-order valence-corrected chi connectivity index (χ2v) is 8.50. The molecule has 0 bridgehead atoms. The standard InChI is InChI=1S/C24H25ClN6O2/c1-13-9-15(22(26)31(2)3)11-18-21(13)30-23(29-18)20-17(7-8-27-24(20)33)28-12-19(32)14-5-4-6-16(25)10-14/h4-11,19,26,32H,12H2,1-3H3,(H,29,30)(H2,27,28,33). The molecular weight excluding hydrogens is 440 g/mol. The number of benzene rings is 2. The number of aryl methyl sites for hydroxylation is 1. The lowest BCUT2D eigenvalue weighted by atomic mass is 10.1. The van der Waals surface area contributed by atoms with Gasteiger partial charge in [0.15, 0.2) is 0 Å². The van der Waals surface area contributed by atoms with Crippen LogP contribution in [0.4, 0.5) is 5.69 Å². The number of rotatable bonds is 6. The Labute approximate surface area is 195 Å². The fraction of sp³-hybridized carbons (Fsp3) is 0.208. The first-order chi connectivity index (χ1) is 15.7. The number of fused-ring (bicyclic) bond motifs is 1. The maximum Gasteiger partial charge on any atom is 0.261 e. The molecule has 4 aromatic rings. The van der Waals surface area contributed by atoms with Gasteiger partial charge in [0.1, 0.15) is 17.2 Å². The van der Waals surface area contributed by atoms with Crippen molar-refractivity contribution >= 4 is 34.2 Å². The highest BCUT2D eigenvalue weighted by Crippen LogP contribution is 2.27. The fourth-order valence-corrected chi connectivity index (χ4v) is 3.90. The summed E-state index contributed by atoms with van der Waals surface area (Å²) in [6, 6.07) is 12.5. The van der Waals surface area contributed by atoms with Crippen LogP contribution in [0.1, 0.15) is 22.8 Å². The minimum atomic E-state index is -0.812. The zero-order valence-electron chi connectivity index (χ0n) is 18.5. The predicted molar refractivity (Wildman–Crippen MR) is 132 cm³/mol. The van der Waals surface area contributed by atoms with Gasteiger partial charge < -0.3 is 25.3 Å². The third-order valence-corrected chi connectivity index (χ3v) is 5.65. The van der Waals surface area contributed by atoms with Gasteiger partial charge in [0.2, 0.25) is 0 Å². The lowest BCUT2D eigenvalue weighted by molar-refractivity contribution is 0.191. The van der Waals surface area contributed by atoms with Crippen LogP contribution >= 0.6 is 11.6 Å². The Balaban J connectivity index is 1.69. The summed E-state index contributed by atoms with van der Waals surface area (Å²) < 4.78 is 0. The predicted octanol–water partition coefficient (Wildman–Crippen LogP) is 3.91. The summed E-state index contributed by atoms with van der Waals surface area (Å²) in [5.41, 5.74) is 4.37. The number of nitrogens with zero attached hydrogens (tertiary/aromatic N) is 2. The van der Waals surface area contributed by atoms with Gasteiger partial charge in [-0.1, -0.05) is 23.7 Å². The Kier molecular flexibility index (Phi) is 6.22. The fourth-order valence-electron chi connectivity index (χ4n) is 3.70. The Hall–Kier alpha value is -3.62. The van der Waals surface area contributed by atoms with Crippen molar-refractivity contribution in [3.8, 4) is 11.4 Å². The Bertz CT molecular complexity index is 1390. The molecule has 0 aliphatic rings. The van der Waals surface area contributed by atoms with Crippen LogP contribution in [-0.4, -0.2) is 51.4 Å². The van der Waals surface area contributed by atoms with Crippen LogP contribution in [0.2, 0.25) is 5.02 Å². The summed E-state index contributed by atoms with van der Waals surface area (Å²) in [5.74, 6) is 0.786. The number of H-pyrrole nitrogens is 2. The second kappa shape index (κ2) is 9.09. The molecule has 1 atom stereocenters. The number of anilines is 1. The van der Waals surface area contributed by atoms with E-state index in [0.29, 0.717) is 33.5 Å². The highest BCUT2D eigenvalue weighted by atomic mass is 35.5. The molecule has 0 saturated heterocycles. The van der Waals surface area contributed by atoms with Crippen molar-refractivity contribution in [2.75, 3.05) is 26.0 Å². The van der Waals surface area contributed by atoms with Gasteiger partial charge in [0.05, 0.1) is 22.8 Å². The van der Waals surface area contributed by atoms with E-state index >= 15 is 0 Å². The smallest absolute Gasteiger partial charge is 0.261 e. The summed E-state index contributed by atoms with van der Waals surface area (Å²) >= 11 is 6.03. The molecule has 0 saturated carbocycles. The van der Waals surface area contributed by atoms with E-state index in [9.17, 15) is 9.90 Å². The molecule has 1 unspecified atom stereocenters. The zero-order valence-corrected chi connectivity index (χ0v) is 19.3. The largest absolute Gasteiger partial charge is 0.387 e. The van der Waals surface area contributed by atoms with E-state index < -0.39 is 6.10 Å². The van der Waals surface area contributed by atoms with Crippen molar-refractivity contribution in [2.45, 2.75) is 13.0 Å². The molecule has 0 aliphatic carbocycles. The molecule has 0 spiro atoms. The number of pyridine rings is 1. The number of aromatic nitrogens is 3. The van der Waals surface area contributed by atoms with Gasteiger partial charge in [0, 0.05) is 37.4 Å². The van der Waals surface area contributed by atoms with Gasteiger partial charge in [-0.2, -0.15) is 0 Å². The monoisotopic (exact) mass is 464 g/mol. The van der Waals surface area contributed by atoms with Crippen molar-refractivity contribution in [2.24, 2.45) is 0 Å². The van der Waals surface area contributed by atoms with Crippen LogP contribution in [0.5, 0.6) is 0 Å². The minimum Gasteiger partial charge on any atom is -0.387 e. The van der Waals surface area contributed by atoms with Gasteiger partial charge in [-0.15, -0.1) is 0 Å². The van der Waals surface area contributed by atoms with Crippen LogP contribution < -0.4 is 10.9 Å². The lowest BCUT2D eigenvalue weighted by Crippen LogP contribution is -2.21. The van der Waals surface area contributed by atoms with Crippen molar-refractivity contribution in [1.82, 2.24) is 19.9 Å². The molecule has 5 N–H and O–H groups in total. The maximum atomic E-state index is 12.7. The van der Waals surface area contributed by atoms with Crippen LogP contribution in [0.25, 0.3) is 22.4 Å². The van der Waals surface area contributed by atoms with Crippen molar-refractivity contribution < 1.29 is 5.11 Å². The summed E-state index contributed by atoms with van der Waals surface area (Å²) in [4.78, 5) is 25.1. The molecule has 8 nitrogen and oxygen atoms in total. The van der Waals surface area contributed by atoms with Crippen molar-refractivity contribution in [1.29, 1.82) is 5.41 Å². The molecule has 0 amide bonds. The average molecular weight is 465 g/mol. The number of amidine groups is 1. The number of hydrogen-bond donors (Lipinski definition) is 5. The quantitative estimate of drug-likeness (QED) is 0.219. The minimum absolute atomic E-state index is 0.181.